The van der Waals surface area contributed by atoms with Crippen molar-refractivity contribution in [3.05, 3.63) is 27.9 Å². The molecule has 0 saturated carbocycles. The summed E-state index contributed by atoms with van der Waals surface area (Å²) < 4.78 is 2.42. The number of aromatic nitrogens is 4. The summed E-state index contributed by atoms with van der Waals surface area (Å²) in [4.78, 5) is 26.1. The van der Waals surface area contributed by atoms with E-state index in [4.69, 9.17) is 0 Å². The molecule has 1 amide bonds. The molecule has 0 fully saturated rings. The highest BCUT2D eigenvalue weighted by Crippen LogP contribution is 2.00. The molecule has 0 aliphatic rings. The van der Waals surface area contributed by atoms with E-state index >= 15 is 0 Å². The highest BCUT2D eigenvalue weighted by molar-refractivity contribution is 5.58. The van der Waals surface area contributed by atoms with Crippen molar-refractivity contribution in [3.8, 4) is 0 Å². The third-order valence-electron chi connectivity index (χ3n) is 2.20. The van der Waals surface area contributed by atoms with Crippen LogP contribution in [0.25, 0.3) is 5.78 Å². The van der Waals surface area contributed by atoms with Crippen LogP contribution < -0.4 is 11.0 Å². The minimum absolute atomic E-state index is 0.232. The van der Waals surface area contributed by atoms with E-state index in [9.17, 15) is 9.59 Å². The lowest BCUT2D eigenvalue weighted by molar-refractivity contribution is -0.106. The van der Waals surface area contributed by atoms with Crippen molar-refractivity contribution in [3.63, 3.8) is 0 Å². The number of hydrogen-bond donors (Lipinski definition) is 1. The number of carbonyl (C=O) groups excluding carboxylic acids is 1. The molecule has 0 radical (unpaired) electrons. The van der Waals surface area contributed by atoms with Gasteiger partial charge in [0.05, 0.1) is 0 Å². The Labute approximate surface area is 84.3 Å². The van der Waals surface area contributed by atoms with Crippen LogP contribution in [0.3, 0.4) is 0 Å². The zero-order valence-corrected chi connectivity index (χ0v) is 8.26. The predicted molar refractivity (Wildman–Crippen MR) is 52.1 cm³/mol. The Bertz CT molecular complexity index is 582. The van der Waals surface area contributed by atoms with E-state index in [1.54, 1.807) is 13.8 Å². The largest absolute Gasteiger partial charge is 0.278 e. The van der Waals surface area contributed by atoms with Gasteiger partial charge in [-0.1, -0.05) is 0 Å². The van der Waals surface area contributed by atoms with Crippen molar-refractivity contribution >= 4 is 12.2 Å². The van der Waals surface area contributed by atoms with E-state index in [1.807, 2.05) is 0 Å². The summed E-state index contributed by atoms with van der Waals surface area (Å²) in [5.74, 6) is 0.287. The maximum Gasteiger partial charge on any atom is 0.278 e. The van der Waals surface area contributed by atoms with Gasteiger partial charge in [0.1, 0.15) is 6.33 Å². The molecule has 0 spiro atoms. The normalized spacial score (nSPS) is 10.5. The van der Waals surface area contributed by atoms with Crippen LogP contribution in [-0.4, -0.2) is 25.7 Å². The third kappa shape index (κ3) is 1.28. The van der Waals surface area contributed by atoms with Gasteiger partial charge in [-0.25, -0.2) is 9.66 Å². The van der Waals surface area contributed by atoms with E-state index in [1.165, 1.54) is 11.0 Å². The van der Waals surface area contributed by atoms with Gasteiger partial charge in [-0.3, -0.25) is 15.0 Å². The standard InChI is InChI=1S/C8H9N5O2/c1-5-6(2)11-8-12(10-4-14)3-9-13(8)7(5)15/h3-4H,1-2H3,(H,10,14). The summed E-state index contributed by atoms with van der Waals surface area (Å²) >= 11 is 0. The Kier molecular flexibility index (Phi) is 2.00. The molecular formula is C8H9N5O2. The summed E-state index contributed by atoms with van der Waals surface area (Å²) in [7, 11) is 0. The maximum atomic E-state index is 11.7. The lowest BCUT2D eigenvalue weighted by atomic mass is 10.3. The van der Waals surface area contributed by atoms with E-state index < -0.39 is 0 Å². The molecular weight excluding hydrogens is 198 g/mol. The summed E-state index contributed by atoms with van der Waals surface area (Å²) in [5.41, 5.74) is 3.29. The fourth-order valence-electron chi connectivity index (χ4n) is 1.25. The van der Waals surface area contributed by atoms with Gasteiger partial charge in [-0.15, -0.1) is 0 Å². The number of carbonyl (C=O) groups is 1. The predicted octanol–water partition coefficient (Wildman–Crippen LogP) is -0.792. The minimum Gasteiger partial charge on any atom is -0.277 e. The fourth-order valence-corrected chi connectivity index (χ4v) is 1.25. The first-order valence-corrected chi connectivity index (χ1v) is 4.29. The number of fused-ring (bicyclic) bond motifs is 1. The van der Waals surface area contributed by atoms with Crippen molar-refractivity contribution in [2.45, 2.75) is 13.8 Å². The fraction of sp³-hybridized carbons (Fsp3) is 0.250. The molecule has 0 atom stereocenters. The number of hydrogen-bond acceptors (Lipinski definition) is 4. The van der Waals surface area contributed by atoms with Gasteiger partial charge in [-0.2, -0.15) is 9.61 Å². The van der Waals surface area contributed by atoms with Crippen molar-refractivity contribution in [1.29, 1.82) is 0 Å². The van der Waals surface area contributed by atoms with Crippen LogP contribution in [-0.2, 0) is 4.79 Å². The average Bonchev–Trinajstić information content (AvgIpc) is 2.59. The molecule has 1 N–H and O–H groups in total. The van der Waals surface area contributed by atoms with Gasteiger partial charge >= 0.3 is 0 Å². The van der Waals surface area contributed by atoms with Gasteiger partial charge in [-0.05, 0) is 13.8 Å². The molecule has 0 aliphatic carbocycles. The average molecular weight is 207 g/mol. The summed E-state index contributed by atoms with van der Waals surface area (Å²) in [5, 5.41) is 3.82. The van der Waals surface area contributed by atoms with Crippen molar-refractivity contribution in [2.24, 2.45) is 0 Å². The zero-order chi connectivity index (χ0) is 11.0. The Morgan fingerprint density at radius 2 is 2.20 bits per heavy atom. The van der Waals surface area contributed by atoms with Gasteiger partial charge in [0.25, 0.3) is 11.3 Å². The Morgan fingerprint density at radius 3 is 2.87 bits per heavy atom. The van der Waals surface area contributed by atoms with Crippen LogP contribution in [0, 0.1) is 13.8 Å². The molecule has 7 heteroatoms. The first-order valence-electron chi connectivity index (χ1n) is 4.29. The number of aryl methyl sites for hydroxylation is 1. The SMILES string of the molecule is Cc1nc2n(NC=O)cnn2c(=O)c1C. The molecule has 15 heavy (non-hydrogen) atoms. The van der Waals surface area contributed by atoms with Gasteiger partial charge < -0.3 is 0 Å². The second-order valence-corrected chi connectivity index (χ2v) is 3.09. The molecule has 7 nitrogen and oxygen atoms in total. The number of rotatable bonds is 2. The smallest absolute Gasteiger partial charge is 0.277 e. The number of amides is 1. The monoisotopic (exact) mass is 207 g/mol. The van der Waals surface area contributed by atoms with Crippen molar-refractivity contribution in [2.75, 3.05) is 5.43 Å². The van der Waals surface area contributed by atoms with E-state index in [0.29, 0.717) is 17.7 Å². The molecule has 0 aromatic carbocycles. The van der Waals surface area contributed by atoms with Gasteiger partial charge in [0.15, 0.2) is 0 Å². The second-order valence-electron chi connectivity index (χ2n) is 3.09. The van der Waals surface area contributed by atoms with E-state index in [2.05, 4.69) is 15.5 Å². The molecule has 0 saturated heterocycles. The van der Waals surface area contributed by atoms with Crippen LogP contribution in [0.4, 0.5) is 0 Å². The van der Waals surface area contributed by atoms with Gasteiger partial charge in [0.2, 0.25) is 6.41 Å². The van der Waals surface area contributed by atoms with Crippen molar-refractivity contribution < 1.29 is 4.79 Å². The Balaban J connectivity index is 2.83. The Morgan fingerprint density at radius 1 is 1.47 bits per heavy atom. The number of nitrogens with zero attached hydrogens (tertiary/aromatic N) is 4. The first kappa shape index (κ1) is 9.38. The molecule has 2 heterocycles. The number of nitrogens with one attached hydrogen (secondary N) is 1. The van der Waals surface area contributed by atoms with Crippen LogP contribution in [0.15, 0.2) is 11.1 Å². The van der Waals surface area contributed by atoms with Crippen molar-refractivity contribution in [1.82, 2.24) is 19.3 Å². The zero-order valence-electron chi connectivity index (χ0n) is 8.26. The van der Waals surface area contributed by atoms with Crippen LogP contribution in [0.1, 0.15) is 11.3 Å². The lowest BCUT2D eigenvalue weighted by Crippen LogP contribution is -2.21. The second kappa shape index (κ2) is 3.19. The molecule has 2 aromatic rings. The molecule has 0 bridgehead atoms. The first-order chi connectivity index (χ1) is 7.15. The molecule has 78 valence electrons. The molecule has 0 aliphatic heterocycles. The van der Waals surface area contributed by atoms with Gasteiger partial charge in [0, 0.05) is 11.3 Å². The highest BCUT2D eigenvalue weighted by Gasteiger charge is 2.09. The molecule has 2 rings (SSSR count). The highest BCUT2D eigenvalue weighted by atomic mass is 16.1. The molecule has 0 unspecified atom stereocenters. The molecule has 2 aromatic heterocycles. The van der Waals surface area contributed by atoms with E-state index in [0.717, 1.165) is 4.52 Å². The van der Waals surface area contributed by atoms with Crippen LogP contribution in [0.2, 0.25) is 0 Å². The van der Waals surface area contributed by atoms with E-state index in [-0.39, 0.29) is 11.3 Å². The Hall–Kier alpha value is -2.18. The third-order valence-corrected chi connectivity index (χ3v) is 2.20. The topological polar surface area (TPSA) is 81.3 Å². The summed E-state index contributed by atoms with van der Waals surface area (Å²) in [6.45, 7) is 3.41. The lowest BCUT2D eigenvalue weighted by Gasteiger charge is -2.01. The quantitative estimate of drug-likeness (QED) is 0.654. The summed E-state index contributed by atoms with van der Waals surface area (Å²) in [6, 6.07) is 0. The maximum absolute atomic E-state index is 11.7. The van der Waals surface area contributed by atoms with Crippen LogP contribution in [0.5, 0.6) is 0 Å². The minimum atomic E-state index is -0.232. The van der Waals surface area contributed by atoms with Crippen LogP contribution >= 0.6 is 0 Å². The summed E-state index contributed by atoms with van der Waals surface area (Å²) in [6.07, 6.45) is 1.81.